The molecule has 2 aromatic heterocycles. The number of ether oxygens (including phenoxy) is 4. The van der Waals surface area contributed by atoms with Crippen molar-refractivity contribution in [3.05, 3.63) is 34.7 Å². The van der Waals surface area contributed by atoms with Gasteiger partial charge in [-0.05, 0) is 37.6 Å². The highest BCUT2D eigenvalue weighted by atomic mass is 32.1. The fraction of sp³-hybridized carbons (Fsp3) is 0.458. The van der Waals surface area contributed by atoms with E-state index in [0.29, 0.717) is 56.5 Å². The highest BCUT2D eigenvalue weighted by Gasteiger charge is 2.25. The first-order valence-electron chi connectivity index (χ1n) is 11.3. The topological polar surface area (TPSA) is 95.0 Å². The number of rotatable bonds is 8. The summed E-state index contributed by atoms with van der Waals surface area (Å²) in [5, 5.41) is 4.49. The maximum atomic E-state index is 11.6. The molecular weight excluding hydrogens is 456 g/mol. The van der Waals surface area contributed by atoms with Gasteiger partial charge in [-0.25, -0.2) is 9.78 Å². The summed E-state index contributed by atoms with van der Waals surface area (Å²) in [7, 11) is 3.25. The van der Waals surface area contributed by atoms with E-state index in [1.807, 2.05) is 18.2 Å². The SMILES string of the molecule is CCOC(=O)OC1CCN(c2nc(NCc3ccc(OC)c(OC)c3)c3cc(C)sc3n2)CC1. The van der Waals surface area contributed by atoms with E-state index in [-0.39, 0.29) is 6.10 Å². The minimum absolute atomic E-state index is 0.148. The number of carbonyl (C=O) groups is 1. The Kier molecular flexibility index (Phi) is 7.56. The van der Waals surface area contributed by atoms with Crippen molar-refractivity contribution >= 4 is 39.5 Å². The number of aryl methyl sites for hydroxylation is 1. The summed E-state index contributed by atoms with van der Waals surface area (Å²) in [5.41, 5.74) is 1.05. The minimum Gasteiger partial charge on any atom is -0.493 e. The quantitative estimate of drug-likeness (QED) is 0.452. The molecule has 9 nitrogen and oxygen atoms in total. The molecule has 3 aromatic rings. The Balaban J connectivity index is 1.49. The number of methoxy groups -OCH3 is 2. The third kappa shape index (κ3) is 5.44. The number of anilines is 2. The smallest absolute Gasteiger partial charge is 0.493 e. The van der Waals surface area contributed by atoms with Gasteiger partial charge in [0.2, 0.25) is 5.95 Å². The molecule has 34 heavy (non-hydrogen) atoms. The molecule has 1 fully saturated rings. The Labute approximate surface area is 203 Å². The number of hydrogen-bond donors (Lipinski definition) is 1. The molecule has 1 aliphatic heterocycles. The minimum atomic E-state index is -0.602. The fourth-order valence-corrected chi connectivity index (χ4v) is 4.82. The van der Waals surface area contributed by atoms with E-state index in [9.17, 15) is 4.79 Å². The van der Waals surface area contributed by atoms with Crippen LogP contribution in [0.25, 0.3) is 10.2 Å². The molecule has 182 valence electrons. The normalized spacial score (nSPS) is 14.2. The number of hydrogen-bond acceptors (Lipinski definition) is 10. The third-order valence-corrected chi connectivity index (χ3v) is 6.61. The van der Waals surface area contributed by atoms with Gasteiger partial charge in [-0.2, -0.15) is 4.98 Å². The standard InChI is InChI=1S/C24H30N4O5S/c1-5-32-24(29)33-17-8-10-28(11-9-17)23-26-21(18-12-15(2)34-22(18)27-23)25-14-16-6-7-19(30-3)20(13-16)31-4/h6-7,12-13,17H,5,8-11,14H2,1-4H3,(H,25,26,27). The lowest BCUT2D eigenvalue weighted by Gasteiger charge is -2.31. The maximum absolute atomic E-state index is 11.6. The fourth-order valence-electron chi connectivity index (χ4n) is 3.94. The molecule has 0 radical (unpaired) electrons. The molecule has 3 heterocycles. The number of nitrogens with zero attached hydrogens (tertiary/aromatic N) is 3. The van der Waals surface area contributed by atoms with Gasteiger partial charge in [0, 0.05) is 37.4 Å². The zero-order chi connectivity index (χ0) is 24.1. The van der Waals surface area contributed by atoms with Crippen molar-refractivity contribution in [3.8, 4) is 11.5 Å². The van der Waals surface area contributed by atoms with Gasteiger partial charge in [-0.15, -0.1) is 11.3 Å². The predicted molar refractivity (Wildman–Crippen MR) is 132 cm³/mol. The third-order valence-electron chi connectivity index (χ3n) is 5.66. The van der Waals surface area contributed by atoms with E-state index in [4.69, 9.17) is 28.9 Å². The van der Waals surface area contributed by atoms with Crippen LogP contribution in [0.3, 0.4) is 0 Å². The van der Waals surface area contributed by atoms with Gasteiger partial charge in [0.1, 0.15) is 16.8 Å². The van der Waals surface area contributed by atoms with Gasteiger partial charge in [0.05, 0.1) is 26.2 Å². The van der Waals surface area contributed by atoms with E-state index in [0.717, 1.165) is 21.6 Å². The number of fused-ring (bicyclic) bond motifs is 1. The summed E-state index contributed by atoms with van der Waals surface area (Å²) in [4.78, 5) is 25.6. The molecule has 0 amide bonds. The first-order valence-corrected chi connectivity index (χ1v) is 12.1. The second kappa shape index (κ2) is 10.8. The van der Waals surface area contributed by atoms with Crippen molar-refractivity contribution in [2.24, 2.45) is 0 Å². The number of aromatic nitrogens is 2. The highest BCUT2D eigenvalue weighted by Crippen LogP contribution is 2.32. The Morgan fingerprint density at radius 2 is 1.91 bits per heavy atom. The first kappa shape index (κ1) is 23.9. The number of benzene rings is 1. The van der Waals surface area contributed by atoms with Gasteiger partial charge in [-0.1, -0.05) is 6.07 Å². The van der Waals surface area contributed by atoms with Gasteiger partial charge in [-0.3, -0.25) is 0 Å². The van der Waals surface area contributed by atoms with E-state index >= 15 is 0 Å². The Morgan fingerprint density at radius 3 is 2.62 bits per heavy atom. The molecule has 0 spiro atoms. The van der Waals surface area contributed by atoms with Crippen LogP contribution in [0, 0.1) is 6.92 Å². The number of piperidine rings is 1. The molecule has 0 atom stereocenters. The molecule has 1 saturated heterocycles. The number of nitrogens with one attached hydrogen (secondary N) is 1. The van der Waals surface area contributed by atoms with Gasteiger partial charge < -0.3 is 29.2 Å². The van der Waals surface area contributed by atoms with Crippen LogP contribution in [-0.4, -0.2) is 56.1 Å². The van der Waals surface area contributed by atoms with Crippen LogP contribution in [0.15, 0.2) is 24.3 Å². The zero-order valence-corrected chi connectivity index (χ0v) is 20.7. The van der Waals surface area contributed by atoms with Crippen molar-refractivity contribution in [3.63, 3.8) is 0 Å². The lowest BCUT2D eigenvalue weighted by atomic mass is 10.1. The van der Waals surface area contributed by atoms with Crippen molar-refractivity contribution < 1.29 is 23.7 Å². The summed E-state index contributed by atoms with van der Waals surface area (Å²) in [6.45, 7) is 6.13. The number of thiophene rings is 1. The van der Waals surface area contributed by atoms with E-state index in [1.54, 1.807) is 32.5 Å². The highest BCUT2D eigenvalue weighted by molar-refractivity contribution is 7.18. The van der Waals surface area contributed by atoms with Crippen molar-refractivity contribution in [1.29, 1.82) is 0 Å². The molecule has 0 bridgehead atoms. The zero-order valence-electron chi connectivity index (χ0n) is 19.9. The first-order chi connectivity index (χ1) is 16.5. The van der Waals surface area contributed by atoms with Crippen molar-refractivity contribution in [2.45, 2.75) is 39.3 Å². The van der Waals surface area contributed by atoms with Crippen LogP contribution in [0.2, 0.25) is 0 Å². The largest absolute Gasteiger partial charge is 0.508 e. The summed E-state index contributed by atoms with van der Waals surface area (Å²) >= 11 is 1.65. The van der Waals surface area contributed by atoms with E-state index in [2.05, 4.69) is 23.2 Å². The molecule has 1 aromatic carbocycles. The van der Waals surface area contributed by atoms with Crippen LogP contribution in [0.4, 0.5) is 16.6 Å². The summed E-state index contributed by atoms with van der Waals surface area (Å²) in [5.74, 6) is 2.86. The van der Waals surface area contributed by atoms with Crippen LogP contribution >= 0.6 is 11.3 Å². The second-order valence-electron chi connectivity index (χ2n) is 7.98. The van der Waals surface area contributed by atoms with Gasteiger partial charge in [0.15, 0.2) is 11.5 Å². The van der Waals surface area contributed by atoms with Crippen LogP contribution in [0.5, 0.6) is 11.5 Å². The Bertz CT molecular complexity index is 1140. The molecule has 1 N–H and O–H groups in total. The Hall–Kier alpha value is -3.27. The molecule has 4 rings (SSSR count). The van der Waals surface area contributed by atoms with Crippen LogP contribution in [0.1, 0.15) is 30.2 Å². The van der Waals surface area contributed by atoms with Gasteiger partial charge in [0.25, 0.3) is 0 Å². The monoisotopic (exact) mass is 486 g/mol. The summed E-state index contributed by atoms with van der Waals surface area (Å²) in [6, 6.07) is 7.97. The number of carbonyl (C=O) groups excluding carboxylic acids is 1. The molecule has 0 unspecified atom stereocenters. The van der Waals surface area contributed by atoms with Crippen molar-refractivity contribution in [2.75, 3.05) is 44.1 Å². The molecular formula is C24H30N4O5S. The predicted octanol–water partition coefficient (Wildman–Crippen LogP) is 4.77. The molecule has 0 saturated carbocycles. The van der Waals surface area contributed by atoms with E-state index in [1.165, 1.54) is 4.88 Å². The summed E-state index contributed by atoms with van der Waals surface area (Å²) in [6.07, 6.45) is 0.663. The van der Waals surface area contributed by atoms with Crippen LogP contribution in [-0.2, 0) is 16.0 Å². The lowest BCUT2D eigenvalue weighted by Crippen LogP contribution is -2.39. The maximum Gasteiger partial charge on any atom is 0.508 e. The Morgan fingerprint density at radius 1 is 1.15 bits per heavy atom. The van der Waals surface area contributed by atoms with Crippen molar-refractivity contribution in [1.82, 2.24) is 9.97 Å². The van der Waals surface area contributed by atoms with Crippen LogP contribution < -0.4 is 19.7 Å². The molecule has 0 aliphatic carbocycles. The van der Waals surface area contributed by atoms with E-state index < -0.39 is 6.16 Å². The van der Waals surface area contributed by atoms with Gasteiger partial charge >= 0.3 is 6.16 Å². The average molecular weight is 487 g/mol. The summed E-state index contributed by atoms with van der Waals surface area (Å²) < 4.78 is 21.0. The molecule has 10 heteroatoms. The lowest BCUT2D eigenvalue weighted by molar-refractivity contribution is 0.0183. The molecule has 1 aliphatic rings. The second-order valence-corrected chi connectivity index (χ2v) is 9.21. The average Bonchev–Trinajstić information content (AvgIpc) is 3.23.